The van der Waals surface area contributed by atoms with E-state index in [2.05, 4.69) is 27.1 Å². The SMILES string of the molecule is CNC(=O)CC1CCN(CCN2CCN(C)CC2)CC1. The Hall–Kier alpha value is -0.650. The van der Waals surface area contributed by atoms with E-state index in [1.54, 1.807) is 7.05 Å². The van der Waals surface area contributed by atoms with Crippen LogP contribution in [0.3, 0.4) is 0 Å². The van der Waals surface area contributed by atoms with Gasteiger partial charge in [0.2, 0.25) is 5.91 Å². The van der Waals surface area contributed by atoms with Crippen LogP contribution in [-0.4, -0.2) is 87.1 Å². The monoisotopic (exact) mass is 282 g/mol. The Balaban J connectivity index is 1.59. The molecule has 0 atom stereocenters. The number of nitrogens with zero attached hydrogens (tertiary/aromatic N) is 3. The molecule has 1 amide bonds. The number of nitrogens with one attached hydrogen (secondary N) is 1. The predicted molar refractivity (Wildman–Crippen MR) is 81.8 cm³/mol. The molecule has 2 aliphatic heterocycles. The van der Waals surface area contributed by atoms with Crippen molar-refractivity contribution in [1.82, 2.24) is 20.0 Å². The molecule has 2 aliphatic rings. The fourth-order valence-electron chi connectivity index (χ4n) is 3.13. The molecule has 0 spiro atoms. The van der Waals surface area contributed by atoms with Gasteiger partial charge in [0.1, 0.15) is 0 Å². The van der Waals surface area contributed by atoms with Crippen LogP contribution < -0.4 is 5.32 Å². The van der Waals surface area contributed by atoms with Gasteiger partial charge in [0.05, 0.1) is 0 Å². The minimum absolute atomic E-state index is 0.195. The van der Waals surface area contributed by atoms with Gasteiger partial charge >= 0.3 is 0 Å². The van der Waals surface area contributed by atoms with Crippen LogP contribution in [0.15, 0.2) is 0 Å². The van der Waals surface area contributed by atoms with Crippen molar-refractivity contribution in [2.75, 3.05) is 66.5 Å². The first-order chi connectivity index (χ1) is 9.67. The van der Waals surface area contributed by atoms with E-state index < -0.39 is 0 Å². The Morgan fingerprint density at radius 3 is 2.10 bits per heavy atom. The highest BCUT2D eigenvalue weighted by Crippen LogP contribution is 2.20. The number of piperidine rings is 1. The summed E-state index contributed by atoms with van der Waals surface area (Å²) >= 11 is 0. The Kier molecular flexibility index (Phi) is 6.26. The average Bonchev–Trinajstić information content (AvgIpc) is 2.48. The first kappa shape index (κ1) is 15.7. The van der Waals surface area contributed by atoms with Crippen molar-refractivity contribution < 1.29 is 4.79 Å². The maximum Gasteiger partial charge on any atom is 0.220 e. The van der Waals surface area contributed by atoms with Gasteiger partial charge in [0.25, 0.3) is 0 Å². The van der Waals surface area contributed by atoms with Crippen LogP contribution in [0.2, 0.25) is 0 Å². The molecule has 0 unspecified atom stereocenters. The average molecular weight is 282 g/mol. The van der Waals surface area contributed by atoms with E-state index in [0.717, 1.165) is 13.1 Å². The zero-order valence-corrected chi connectivity index (χ0v) is 13.1. The number of likely N-dealkylation sites (N-methyl/N-ethyl adjacent to an activating group) is 1. The van der Waals surface area contributed by atoms with Crippen molar-refractivity contribution in [3.63, 3.8) is 0 Å². The Morgan fingerprint density at radius 2 is 1.55 bits per heavy atom. The van der Waals surface area contributed by atoms with E-state index in [1.165, 1.54) is 52.1 Å². The van der Waals surface area contributed by atoms with E-state index in [0.29, 0.717) is 12.3 Å². The third-order valence-electron chi connectivity index (χ3n) is 4.79. The lowest BCUT2D eigenvalue weighted by molar-refractivity contribution is -0.121. The third kappa shape index (κ3) is 5.04. The molecule has 2 rings (SSSR count). The number of hydrogen-bond donors (Lipinski definition) is 1. The normalized spacial score (nSPS) is 23.9. The molecule has 2 saturated heterocycles. The van der Waals surface area contributed by atoms with Crippen molar-refractivity contribution in [2.24, 2.45) is 5.92 Å². The Morgan fingerprint density at radius 1 is 1.00 bits per heavy atom. The van der Waals surface area contributed by atoms with Gasteiger partial charge in [0.15, 0.2) is 0 Å². The standard InChI is InChI=1S/C15H30N4O/c1-16-15(20)13-14-3-5-18(6-4-14)11-12-19-9-7-17(2)8-10-19/h14H,3-13H2,1-2H3,(H,16,20). The number of piperazine rings is 1. The van der Waals surface area contributed by atoms with Crippen LogP contribution in [0, 0.1) is 5.92 Å². The maximum absolute atomic E-state index is 11.4. The summed E-state index contributed by atoms with van der Waals surface area (Å²) in [4.78, 5) is 18.9. The molecule has 0 bridgehead atoms. The summed E-state index contributed by atoms with van der Waals surface area (Å²) < 4.78 is 0. The molecule has 0 radical (unpaired) electrons. The highest BCUT2D eigenvalue weighted by atomic mass is 16.1. The van der Waals surface area contributed by atoms with Gasteiger partial charge < -0.3 is 15.1 Å². The molecular weight excluding hydrogens is 252 g/mol. The second kappa shape index (κ2) is 7.96. The molecule has 2 fully saturated rings. The molecule has 0 aliphatic carbocycles. The lowest BCUT2D eigenvalue weighted by Crippen LogP contribution is -2.47. The van der Waals surface area contributed by atoms with Crippen molar-refractivity contribution in [1.29, 1.82) is 0 Å². The summed E-state index contributed by atoms with van der Waals surface area (Å²) in [5.74, 6) is 0.788. The van der Waals surface area contributed by atoms with Crippen molar-refractivity contribution in [3.05, 3.63) is 0 Å². The van der Waals surface area contributed by atoms with Crippen LogP contribution >= 0.6 is 0 Å². The van der Waals surface area contributed by atoms with Gasteiger partial charge in [-0.05, 0) is 38.9 Å². The minimum atomic E-state index is 0.195. The van der Waals surface area contributed by atoms with Crippen LogP contribution in [0.4, 0.5) is 0 Å². The van der Waals surface area contributed by atoms with Gasteiger partial charge in [0, 0.05) is 52.7 Å². The molecule has 0 saturated carbocycles. The lowest BCUT2D eigenvalue weighted by Gasteiger charge is -2.36. The minimum Gasteiger partial charge on any atom is -0.359 e. The highest BCUT2D eigenvalue weighted by molar-refractivity contribution is 5.75. The summed E-state index contributed by atoms with van der Waals surface area (Å²) in [5.41, 5.74) is 0. The third-order valence-corrected chi connectivity index (χ3v) is 4.79. The van der Waals surface area contributed by atoms with E-state index in [-0.39, 0.29) is 5.91 Å². The molecule has 1 N–H and O–H groups in total. The molecule has 5 nitrogen and oxygen atoms in total. The number of likely N-dealkylation sites (tertiary alicyclic amines) is 1. The van der Waals surface area contributed by atoms with Crippen molar-refractivity contribution in [3.8, 4) is 0 Å². The Bertz CT molecular complexity index is 294. The second-order valence-corrected chi connectivity index (χ2v) is 6.31. The molecule has 5 heteroatoms. The lowest BCUT2D eigenvalue weighted by atomic mass is 9.93. The number of rotatable bonds is 5. The zero-order valence-electron chi connectivity index (χ0n) is 13.1. The summed E-state index contributed by atoms with van der Waals surface area (Å²) in [5, 5.41) is 2.73. The van der Waals surface area contributed by atoms with Gasteiger partial charge in [-0.1, -0.05) is 0 Å². The highest BCUT2D eigenvalue weighted by Gasteiger charge is 2.22. The molecule has 0 aromatic rings. The van der Waals surface area contributed by atoms with E-state index in [9.17, 15) is 4.79 Å². The molecule has 116 valence electrons. The molecule has 0 aromatic heterocycles. The van der Waals surface area contributed by atoms with Crippen LogP contribution in [0.5, 0.6) is 0 Å². The maximum atomic E-state index is 11.4. The molecule has 2 heterocycles. The topological polar surface area (TPSA) is 38.8 Å². The van der Waals surface area contributed by atoms with Crippen molar-refractivity contribution >= 4 is 5.91 Å². The summed E-state index contributed by atoms with van der Waals surface area (Å²) in [6, 6.07) is 0. The number of amides is 1. The van der Waals surface area contributed by atoms with E-state index >= 15 is 0 Å². The van der Waals surface area contributed by atoms with E-state index in [4.69, 9.17) is 0 Å². The van der Waals surface area contributed by atoms with Gasteiger partial charge in [-0.15, -0.1) is 0 Å². The predicted octanol–water partition coefficient (Wildman–Crippen LogP) is 0.0819. The molecular formula is C15H30N4O. The first-order valence-corrected chi connectivity index (χ1v) is 8.01. The fourth-order valence-corrected chi connectivity index (χ4v) is 3.13. The second-order valence-electron chi connectivity index (χ2n) is 6.31. The van der Waals surface area contributed by atoms with E-state index in [1.807, 2.05) is 0 Å². The number of carbonyl (C=O) groups is 1. The van der Waals surface area contributed by atoms with Crippen LogP contribution in [0.25, 0.3) is 0 Å². The summed E-state index contributed by atoms with van der Waals surface area (Å²) in [7, 11) is 3.93. The largest absolute Gasteiger partial charge is 0.359 e. The first-order valence-electron chi connectivity index (χ1n) is 8.01. The number of carbonyl (C=O) groups excluding carboxylic acids is 1. The molecule has 20 heavy (non-hydrogen) atoms. The quantitative estimate of drug-likeness (QED) is 0.775. The van der Waals surface area contributed by atoms with Crippen LogP contribution in [0.1, 0.15) is 19.3 Å². The van der Waals surface area contributed by atoms with Crippen molar-refractivity contribution in [2.45, 2.75) is 19.3 Å². The molecule has 0 aromatic carbocycles. The smallest absolute Gasteiger partial charge is 0.220 e. The van der Waals surface area contributed by atoms with Gasteiger partial charge in [-0.25, -0.2) is 0 Å². The Labute approximate surface area is 123 Å². The zero-order chi connectivity index (χ0) is 14.4. The van der Waals surface area contributed by atoms with Crippen LogP contribution in [-0.2, 0) is 4.79 Å². The van der Waals surface area contributed by atoms with Gasteiger partial charge in [-0.3, -0.25) is 9.69 Å². The van der Waals surface area contributed by atoms with Gasteiger partial charge in [-0.2, -0.15) is 0 Å². The summed E-state index contributed by atoms with van der Waals surface area (Å²) in [6.45, 7) is 9.55. The summed E-state index contributed by atoms with van der Waals surface area (Å²) in [6.07, 6.45) is 3.06. The number of hydrogen-bond acceptors (Lipinski definition) is 4. The fraction of sp³-hybridized carbons (Fsp3) is 0.933.